The Morgan fingerprint density at radius 1 is 0.938 bits per heavy atom. The summed E-state index contributed by atoms with van der Waals surface area (Å²) in [5, 5.41) is 21.1. The first-order valence-electron chi connectivity index (χ1n) is 9.92. The summed E-state index contributed by atoms with van der Waals surface area (Å²) in [5.74, 6) is 0.0996. The van der Waals surface area contributed by atoms with Gasteiger partial charge in [-0.2, -0.15) is 5.26 Å². The van der Waals surface area contributed by atoms with Crippen molar-refractivity contribution in [1.29, 1.82) is 5.26 Å². The minimum absolute atomic E-state index is 0.0996. The van der Waals surface area contributed by atoms with Crippen LogP contribution < -0.4 is 4.31 Å². The first-order chi connectivity index (χ1) is 15.4. The van der Waals surface area contributed by atoms with Crippen LogP contribution in [-0.4, -0.2) is 13.5 Å². The van der Waals surface area contributed by atoms with Gasteiger partial charge in [0.05, 0.1) is 28.3 Å². The number of sulfonamides is 1. The highest BCUT2D eigenvalue weighted by atomic mass is 79.9. The third kappa shape index (κ3) is 3.42. The predicted octanol–water partition coefficient (Wildman–Crippen LogP) is 5.67. The summed E-state index contributed by atoms with van der Waals surface area (Å²) in [6.45, 7) is 0. The zero-order chi connectivity index (χ0) is 22.5. The molecule has 0 radical (unpaired) electrons. The van der Waals surface area contributed by atoms with Gasteiger partial charge in [0, 0.05) is 10.9 Å². The number of halogens is 1. The lowest BCUT2D eigenvalue weighted by Gasteiger charge is -2.27. The molecule has 0 aromatic heterocycles. The number of rotatable bonds is 3. The van der Waals surface area contributed by atoms with Gasteiger partial charge in [0.2, 0.25) is 0 Å². The Hall–Kier alpha value is -3.34. The van der Waals surface area contributed by atoms with Gasteiger partial charge in [-0.25, -0.2) is 8.42 Å². The molecule has 0 aliphatic carbocycles. The molecule has 5 rings (SSSR count). The zero-order valence-electron chi connectivity index (χ0n) is 16.7. The number of nitriles is 1. The molecule has 32 heavy (non-hydrogen) atoms. The molecule has 0 fully saturated rings. The van der Waals surface area contributed by atoms with Gasteiger partial charge >= 0.3 is 0 Å². The SMILES string of the molecule is N#Cc1ccc2ccc(C3Cc4cc(O)ccc4N3S(=O)(=O)c3ccc(Br)cc3)cc2c1. The van der Waals surface area contributed by atoms with E-state index in [0.717, 1.165) is 26.4 Å². The van der Waals surface area contributed by atoms with E-state index in [4.69, 9.17) is 0 Å². The van der Waals surface area contributed by atoms with Crippen LogP contribution in [-0.2, 0) is 16.4 Å². The molecule has 7 heteroatoms. The Balaban J connectivity index is 1.68. The average Bonchev–Trinajstić information content (AvgIpc) is 3.18. The fraction of sp³-hybridized carbons (Fsp3) is 0.0800. The van der Waals surface area contributed by atoms with Crippen LogP contribution in [0.2, 0.25) is 0 Å². The lowest BCUT2D eigenvalue weighted by molar-refractivity contribution is 0.475. The second-order valence-corrected chi connectivity index (χ2v) is 10.5. The fourth-order valence-corrected chi connectivity index (χ4v) is 6.16. The molecule has 4 aromatic rings. The van der Waals surface area contributed by atoms with Crippen molar-refractivity contribution in [2.24, 2.45) is 0 Å². The molecule has 0 spiro atoms. The Morgan fingerprint density at radius 2 is 1.69 bits per heavy atom. The first-order valence-corrected chi connectivity index (χ1v) is 12.2. The molecule has 5 nitrogen and oxygen atoms in total. The number of phenols is 1. The molecule has 1 heterocycles. The van der Waals surface area contributed by atoms with Crippen LogP contribution in [0.1, 0.15) is 22.7 Å². The van der Waals surface area contributed by atoms with E-state index in [1.807, 2.05) is 24.3 Å². The Morgan fingerprint density at radius 3 is 2.44 bits per heavy atom. The lowest BCUT2D eigenvalue weighted by Crippen LogP contribution is -2.32. The molecule has 0 saturated carbocycles. The summed E-state index contributed by atoms with van der Waals surface area (Å²) in [4.78, 5) is 0.194. The van der Waals surface area contributed by atoms with Gasteiger partial charge in [-0.3, -0.25) is 4.31 Å². The molecule has 0 saturated heterocycles. The van der Waals surface area contributed by atoms with Crippen molar-refractivity contribution < 1.29 is 13.5 Å². The van der Waals surface area contributed by atoms with Crippen LogP contribution in [0.4, 0.5) is 5.69 Å². The van der Waals surface area contributed by atoms with E-state index in [0.29, 0.717) is 17.7 Å². The van der Waals surface area contributed by atoms with Crippen LogP contribution in [0.3, 0.4) is 0 Å². The van der Waals surface area contributed by atoms with Crippen molar-refractivity contribution >= 4 is 42.4 Å². The highest BCUT2D eigenvalue weighted by Crippen LogP contribution is 2.45. The molecule has 4 aromatic carbocycles. The Kier molecular flexibility index (Phi) is 4.92. The standard InChI is InChI=1S/C25H17BrN2O3S/c26-21-5-8-23(9-6-21)32(30,31)28-24-10-7-22(29)13-20(24)14-25(28)18-4-3-17-2-1-16(15-27)11-19(17)12-18/h1-13,25,29H,14H2. The van der Waals surface area contributed by atoms with Crippen LogP contribution in [0, 0.1) is 11.3 Å². The van der Waals surface area contributed by atoms with E-state index in [-0.39, 0.29) is 10.6 Å². The van der Waals surface area contributed by atoms with E-state index >= 15 is 0 Å². The third-order valence-electron chi connectivity index (χ3n) is 5.75. The quantitative estimate of drug-likeness (QED) is 0.389. The largest absolute Gasteiger partial charge is 0.508 e. The zero-order valence-corrected chi connectivity index (χ0v) is 19.1. The fourth-order valence-electron chi connectivity index (χ4n) is 4.22. The number of hydrogen-bond donors (Lipinski definition) is 1. The molecule has 1 atom stereocenters. The highest BCUT2D eigenvalue weighted by molar-refractivity contribution is 9.10. The maximum absolute atomic E-state index is 13.7. The topological polar surface area (TPSA) is 81.4 Å². The number of phenolic OH excluding ortho intramolecular Hbond substituents is 1. The van der Waals surface area contributed by atoms with E-state index in [9.17, 15) is 18.8 Å². The van der Waals surface area contributed by atoms with Crippen molar-refractivity contribution in [1.82, 2.24) is 0 Å². The van der Waals surface area contributed by atoms with Crippen molar-refractivity contribution in [3.8, 4) is 11.8 Å². The molecular formula is C25H17BrN2O3S. The van der Waals surface area contributed by atoms with Crippen LogP contribution in [0.5, 0.6) is 5.75 Å². The van der Waals surface area contributed by atoms with Gasteiger partial charge in [0.1, 0.15) is 5.75 Å². The van der Waals surface area contributed by atoms with Gasteiger partial charge in [0.15, 0.2) is 0 Å². The maximum atomic E-state index is 13.7. The molecule has 1 N–H and O–H groups in total. The van der Waals surface area contributed by atoms with E-state index in [2.05, 4.69) is 22.0 Å². The summed E-state index contributed by atoms with van der Waals surface area (Å²) in [6.07, 6.45) is 0.433. The minimum atomic E-state index is -3.87. The van der Waals surface area contributed by atoms with Crippen LogP contribution in [0.15, 0.2) is 88.2 Å². The normalized spacial score (nSPS) is 15.5. The molecule has 0 amide bonds. The second kappa shape index (κ2) is 7.66. The second-order valence-electron chi connectivity index (χ2n) is 7.72. The molecule has 1 aliphatic heterocycles. The number of aromatic hydroxyl groups is 1. The predicted molar refractivity (Wildman–Crippen MR) is 127 cm³/mol. The summed E-state index contributed by atoms with van der Waals surface area (Å²) in [5.41, 5.74) is 2.70. The summed E-state index contributed by atoms with van der Waals surface area (Å²) in [7, 11) is -3.87. The summed E-state index contributed by atoms with van der Waals surface area (Å²) >= 11 is 3.35. The van der Waals surface area contributed by atoms with Gasteiger partial charge in [-0.1, -0.05) is 34.1 Å². The summed E-state index contributed by atoms with van der Waals surface area (Å²) < 4.78 is 29.7. The van der Waals surface area contributed by atoms with E-state index < -0.39 is 16.1 Å². The number of fused-ring (bicyclic) bond motifs is 2. The smallest absolute Gasteiger partial charge is 0.264 e. The van der Waals surface area contributed by atoms with Gasteiger partial charge in [-0.15, -0.1) is 0 Å². The third-order valence-corrected chi connectivity index (χ3v) is 8.11. The Labute approximate surface area is 194 Å². The van der Waals surface area contributed by atoms with Crippen molar-refractivity contribution in [3.05, 3.63) is 100 Å². The van der Waals surface area contributed by atoms with Crippen molar-refractivity contribution in [2.75, 3.05) is 4.31 Å². The number of benzene rings is 4. The van der Waals surface area contributed by atoms with Crippen molar-refractivity contribution in [2.45, 2.75) is 17.4 Å². The van der Waals surface area contributed by atoms with Gasteiger partial charge in [0.25, 0.3) is 10.0 Å². The number of anilines is 1. The van der Waals surface area contributed by atoms with E-state index in [1.54, 1.807) is 48.5 Å². The van der Waals surface area contributed by atoms with Crippen LogP contribution >= 0.6 is 15.9 Å². The molecule has 0 bridgehead atoms. The van der Waals surface area contributed by atoms with Gasteiger partial charge < -0.3 is 5.11 Å². The van der Waals surface area contributed by atoms with Crippen LogP contribution in [0.25, 0.3) is 10.8 Å². The average molecular weight is 505 g/mol. The number of hydrogen-bond acceptors (Lipinski definition) is 4. The Bertz CT molecular complexity index is 1510. The first kappa shape index (κ1) is 20.6. The highest BCUT2D eigenvalue weighted by Gasteiger charge is 2.39. The van der Waals surface area contributed by atoms with Crippen molar-refractivity contribution in [3.63, 3.8) is 0 Å². The monoisotopic (exact) mass is 504 g/mol. The maximum Gasteiger partial charge on any atom is 0.264 e. The molecular weight excluding hydrogens is 488 g/mol. The van der Waals surface area contributed by atoms with Gasteiger partial charge in [-0.05, 0) is 82.6 Å². The summed E-state index contributed by atoms with van der Waals surface area (Å²) in [6, 6.07) is 24.3. The van der Waals surface area contributed by atoms with E-state index in [1.165, 1.54) is 10.4 Å². The minimum Gasteiger partial charge on any atom is -0.508 e. The number of nitrogens with zero attached hydrogens (tertiary/aromatic N) is 2. The molecule has 1 aliphatic rings. The molecule has 158 valence electrons. The molecule has 1 unspecified atom stereocenters. The lowest BCUT2D eigenvalue weighted by atomic mass is 9.98.